The zero-order chi connectivity index (χ0) is 7.72. The second kappa shape index (κ2) is 4.59. The number of nitrogens with zero attached hydrogens (tertiary/aromatic N) is 2. The molecule has 0 saturated carbocycles. The van der Waals surface area contributed by atoms with Crippen LogP contribution >= 0.6 is 11.6 Å². The summed E-state index contributed by atoms with van der Waals surface area (Å²) in [5.41, 5.74) is 0. The fraction of sp³-hybridized carbons (Fsp3) is 0.250. The Morgan fingerprint density at radius 1 is 1.82 bits per heavy atom. The molecule has 0 spiro atoms. The first-order valence-corrected chi connectivity index (χ1v) is 3.84. The van der Waals surface area contributed by atoms with Gasteiger partial charge in [0.05, 0.1) is 6.33 Å². The quantitative estimate of drug-likeness (QED) is 0.368. The third kappa shape index (κ3) is 2.54. The van der Waals surface area contributed by atoms with E-state index in [1.54, 1.807) is 7.05 Å². The minimum Gasteiger partial charge on any atom is -0.767 e. The molecule has 0 saturated heterocycles. The molecule has 1 heterocycles. The van der Waals surface area contributed by atoms with Crippen LogP contribution in [0.3, 0.4) is 0 Å². The Hall–Kier alpha value is 0.610. The summed E-state index contributed by atoms with van der Waals surface area (Å²) < 4.78 is 22.0. The standard InChI is InChI=1S/C4H5ClN2O2S.Na/c1-7-2-6-4(3(7)5)10(8)9;/h2H,1H3,(H,8,9);/q;+1/p-1. The Labute approximate surface area is 93.5 Å². The van der Waals surface area contributed by atoms with Crippen molar-refractivity contribution in [3.05, 3.63) is 11.5 Å². The van der Waals surface area contributed by atoms with Crippen LogP contribution in [-0.2, 0) is 18.1 Å². The number of halogens is 1. The number of hydrogen-bond acceptors (Lipinski definition) is 3. The molecule has 0 aliphatic heterocycles. The third-order valence-corrected chi connectivity index (χ3v) is 2.16. The van der Waals surface area contributed by atoms with E-state index >= 15 is 0 Å². The second-order valence-corrected chi connectivity index (χ2v) is 2.90. The van der Waals surface area contributed by atoms with Crippen LogP contribution in [0.15, 0.2) is 11.4 Å². The van der Waals surface area contributed by atoms with E-state index < -0.39 is 11.1 Å². The summed E-state index contributed by atoms with van der Waals surface area (Å²) in [6, 6.07) is 0. The molecule has 0 bridgehead atoms. The SMILES string of the molecule is Cn1cnc(S(=O)[O-])c1Cl.[Na+]. The van der Waals surface area contributed by atoms with Gasteiger partial charge < -0.3 is 9.12 Å². The van der Waals surface area contributed by atoms with Crippen LogP contribution in [0.2, 0.25) is 5.15 Å². The van der Waals surface area contributed by atoms with Gasteiger partial charge in [-0.2, -0.15) is 0 Å². The van der Waals surface area contributed by atoms with E-state index in [0.717, 1.165) is 0 Å². The van der Waals surface area contributed by atoms with Crippen LogP contribution in [-0.4, -0.2) is 18.3 Å². The number of rotatable bonds is 1. The molecule has 0 amide bonds. The normalized spacial score (nSPS) is 12.3. The molecule has 0 fully saturated rings. The summed E-state index contributed by atoms with van der Waals surface area (Å²) in [6.45, 7) is 0. The molecule has 7 heteroatoms. The molecule has 1 unspecified atom stereocenters. The zero-order valence-electron chi connectivity index (χ0n) is 6.07. The molecule has 4 nitrogen and oxygen atoms in total. The number of hydrogen-bond donors (Lipinski definition) is 0. The third-order valence-electron chi connectivity index (χ3n) is 0.992. The molecule has 56 valence electrons. The van der Waals surface area contributed by atoms with Crippen LogP contribution in [0, 0.1) is 0 Å². The fourth-order valence-electron chi connectivity index (χ4n) is 0.506. The molecule has 1 aromatic heterocycles. The number of imidazole rings is 1. The van der Waals surface area contributed by atoms with Crippen molar-refractivity contribution < 1.29 is 38.3 Å². The van der Waals surface area contributed by atoms with Crippen LogP contribution in [0.4, 0.5) is 0 Å². The van der Waals surface area contributed by atoms with Gasteiger partial charge in [-0.3, -0.25) is 4.21 Å². The van der Waals surface area contributed by atoms with Gasteiger partial charge in [-0.05, 0) is 0 Å². The van der Waals surface area contributed by atoms with Crippen LogP contribution in [0.25, 0.3) is 0 Å². The Kier molecular flexibility index (Phi) is 4.85. The van der Waals surface area contributed by atoms with E-state index in [4.69, 9.17) is 11.6 Å². The molecule has 0 N–H and O–H groups in total. The Balaban J connectivity index is 0.000001000. The minimum absolute atomic E-state index is 0. The molecule has 1 atom stereocenters. The summed E-state index contributed by atoms with van der Waals surface area (Å²) in [7, 11) is 1.62. The summed E-state index contributed by atoms with van der Waals surface area (Å²) in [4.78, 5) is 3.53. The van der Waals surface area contributed by atoms with Gasteiger partial charge in [-0.1, -0.05) is 11.6 Å². The summed E-state index contributed by atoms with van der Waals surface area (Å²) in [5.74, 6) is 0. The van der Waals surface area contributed by atoms with Crippen LogP contribution in [0.5, 0.6) is 0 Å². The Morgan fingerprint density at radius 3 is 2.55 bits per heavy atom. The van der Waals surface area contributed by atoms with Crippen molar-refractivity contribution in [3.63, 3.8) is 0 Å². The summed E-state index contributed by atoms with van der Waals surface area (Å²) >= 11 is 3.18. The summed E-state index contributed by atoms with van der Waals surface area (Å²) in [6.07, 6.45) is 1.34. The number of aromatic nitrogens is 2. The first-order valence-electron chi connectivity index (χ1n) is 2.39. The molecule has 0 aliphatic rings. The van der Waals surface area contributed by atoms with Gasteiger partial charge in [0.2, 0.25) is 0 Å². The first-order chi connectivity index (χ1) is 4.63. The van der Waals surface area contributed by atoms with Crippen molar-refractivity contribution in [2.24, 2.45) is 7.05 Å². The second-order valence-electron chi connectivity index (χ2n) is 1.69. The van der Waals surface area contributed by atoms with Gasteiger partial charge in [0, 0.05) is 18.1 Å². The van der Waals surface area contributed by atoms with Gasteiger partial charge in [-0.15, -0.1) is 0 Å². The minimum atomic E-state index is -2.33. The van der Waals surface area contributed by atoms with Crippen molar-refractivity contribution >= 4 is 22.7 Å². The van der Waals surface area contributed by atoms with E-state index in [-0.39, 0.29) is 39.7 Å². The van der Waals surface area contributed by atoms with Crippen molar-refractivity contribution in [2.45, 2.75) is 5.03 Å². The van der Waals surface area contributed by atoms with Crippen LogP contribution < -0.4 is 29.6 Å². The predicted octanol–water partition coefficient (Wildman–Crippen LogP) is -2.68. The predicted molar refractivity (Wildman–Crippen MR) is 35.4 cm³/mol. The van der Waals surface area contributed by atoms with E-state index in [1.807, 2.05) is 0 Å². The van der Waals surface area contributed by atoms with Crippen molar-refractivity contribution in [1.82, 2.24) is 9.55 Å². The average molecular weight is 203 g/mol. The molecular formula is C4H4ClN2NaO2S. The summed E-state index contributed by atoms with van der Waals surface area (Å²) in [5, 5.41) is 0.0255. The first kappa shape index (κ1) is 11.6. The number of aryl methyl sites for hydroxylation is 1. The maximum absolute atomic E-state index is 10.3. The van der Waals surface area contributed by atoms with E-state index in [0.29, 0.717) is 0 Å². The Morgan fingerprint density at radius 2 is 2.36 bits per heavy atom. The zero-order valence-corrected chi connectivity index (χ0v) is 9.65. The molecular weight excluding hydrogens is 199 g/mol. The largest absolute Gasteiger partial charge is 1.00 e. The molecule has 1 rings (SSSR count). The van der Waals surface area contributed by atoms with Gasteiger partial charge in [-0.25, -0.2) is 4.98 Å². The van der Waals surface area contributed by atoms with Gasteiger partial charge in [0.15, 0.2) is 5.03 Å². The molecule has 11 heavy (non-hydrogen) atoms. The van der Waals surface area contributed by atoms with E-state index in [9.17, 15) is 8.76 Å². The molecule has 0 radical (unpaired) electrons. The molecule has 1 aromatic rings. The van der Waals surface area contributed by atoms with Crippen LogP contribution in [0.1, 0.15) is 0 Å². The maximum Gasteiger partial charge on any atom is 1.00 e. The van der Waals surface area contributed by atoms with Crippen molar-refractivity contribution in [1.29, 1.82) is 0 Å². The van der Waals surface area contributed by atoms with Gasteiger partial charge in [0.1, 0.15) is 5.15 Å². The van der Waals surface area contributed by atoms with E-state index in [2.05, 4.69) is 4.98 Å². The Bertz CT molecular complexity index is 277. The molecule has 0 aliphatic carbocycles. The maximum atomic E-state index is 10.3. The monoisotopic (exact) mass is 202 g/mol. The molecule has 0 aromatic carbocycles. The van der Waals surface area contributed by atoms with Crippen molar-refractivity contribution in [2.75, 3.05) is 0 Å². The topological polar surface area (TPSA) is 58.0 Å². The smallest absolute Gasteiger partial charge is 0.767 e. The average Bonchev–Trinajstić information content (AvgIpc) is 2.14. The van der Waals surface area contributed by atoms with Gasteiger partial charge >= 0.3 is 29.6 Å². The fourth-order valence-corrected chi connectivity index (χ4v) is 1.20. The van der Waals surface area contributed by atoms with Gasteiger partial charge in [0.25, 0.3) is 0 Å². The van der Waals surface area contributed by atoms with E-state index in [1.165, 1.54) is 10.9 Å². The van der Waals surface area contributed by atoms with Crippen molar-refractivity contribution in [3.8, 4) is 0 Å².